The van der Waals surface area contributed by atoms with E-state index in [0.29, 0.717) is 0 Å². The van der Waals surface area contributed by atoms with Crippen molar-refractivity contribution in [3.63, 3.8) is 0 Å². The molecule has 4 aromatic rings. The lowest BCUT2D eigenvalue weighted by Gasteiger charge is -2.34. The summed E-state index contributed by atoms with van der Waals surface area (Å²) >= 11 is 0. The summed E-state index contributed by atoms with van der Waals surface area (Å²) in [7, 11) is 2.18. The van der Waals surface area contributed by atoms with E-state index in [-0.39, 0.29) is 0 Å². The molecule has 5 rings (SSSR count). The Hall–Kier alpha value is -3.38. The second-order valence-electron chi connectivity index (χ2n) is 7.63. The minimum atomic E-state index is 0.754. The van der Waals surface area contributed by atoms with Crippen LogP contribution in [0.4, 0.5) is 11.4 Å². The van der Waals surface area contributed by atoms with Gasteiger partial charge >= 0.3 is 0 Å². The fraction of sp³-hybridized carbons (Fsp3) is 0.217. The molecule has 1 aliphatic heterocycles. The van der Waals surface area contributed by atoms with E-state index in [1.54, 1.807) is 0 Å². The van der Waals surface area contributed by atoms with Crippen LogP contribution in [0.3, 0.4) is 0 Å². The van der Waals surface area contributed by atoms with Gasteiger partial charge in [-0.15, -0.1) is 0 Å². The van der Waals surface area contributed by atoms with Crippen LogP contribution in [0.1, 0.15) is 0 Å². The van der Waals surface area contributed by atoms with Gasteiger partial charge in [-0.05, 0) is 42.4 Å². The quantitative estimate of drug-likeness (QED) is 0.549. The van der Waals surface area contributed by atoms with Gasteiger partial charge in [-0.3, -0.25) is 0 Å². The Balaban J connectivity index is 1.42. The maximum absolute atomic E-state index is 5.79. The maximum Gasteiger partial charge on any atom is 0.162 e. The Kier molecular flexibility index (Phi) is 4.41. The Morgan fingerprint density at radius 1 is 0.793 bits per heavy atom. The molecular weight excluding hydrogens is 360 g/mol. The highest BCUT2D eigenvalue weighted by Gasteiger charge is 2.15. The number of hydrogen-bond acceptors (Lipinski definition) is 5. The van der Waals surface area contributed by atoms with Crippen LogP contribution >= 0.6 is 0 Å². The van der Waals surface area contributed by atoms with Crippen molar-refractivity contribution in [1.82, 2.24) is 19.5 Å². The van der Waals surface area contributed by atoms with Gasteiger partial charge in [0.05, 0.1) is 6.20 Å². The number of likely N-dealkylation sites (N-methyl/N-ethyl adjacent to an activating group) is 1. The molecule has 2 aromatic carbocycles. The van der Waals surface area contributed by atoms with Crippen LogP contribution in [0.25, 0.3) is 27.9 Å². The van der Waals surface area contributed by atoms with Crippen LogP contribution < -0.4 is 10.6 Å². The first-order valence-electron chi connectivity index (χ1n) is 9.90. The molecule has 0 bridgehead atoms. The van der Waals surface area contributed by atoms with Crippen molar-refractivity contribution in [3.05, 3.63) is 67.1 Å². The first kappa shape index (κ1) is 17.7. The monoisotopic (exact) mass is 384 g/mol. The number of nitrogen functional groups attached to an aromatic ring is 1. The molecule has 1 saturated heterocycles. The largest absolute Gasteiger partial charge is 0.399 e. The van der Waals surface area contributed by atoms with Gasteiger partial charge in [-0.1, -0.05) is 24.3 Å². The molecule has 6 nitrogen and oxygen atoms in total. The van der Waals surface area contributed by atoms with E-state index in [0.717, 1.165) is 59.8 Å². The van der Waals surface area contributed by atoms with E-state index in [2.05, 4.69) is 46.2 Å². The molecule has 2 N–H and O–H groups in total. The summed E-state index contributed by atoms with van der Waals surface area (Å²) in [6, 6.07) is 16.5. The summed E-state index contributed by atoms with van der Waals surface area (Å²) in [5, 5.41) is 4.53. The number of nitrogens with two attached hydrogens (primary N) is 1. The van der Waals surface area contributed by atoms with E-state index in [1.807, 2.05) is 47.4 Å². The summed E-state index contributed by atoms with van der Waals surface area (Å²) in [5.41, 5.74) is 12.9. The lowest BCUT2D eigenvalue weighted by atomic mass is 10.1. The topological polar surface area (TPSA) is 62.7 Å². The van der Waals surface area contributed by atoms with Crippen LogP contribution in [0.2, 0.25) is 0 Å². The molecule has 0 aliphatic carbocycles. The summed E-state index contributed by atoms with van der Waals surface area (Å²) < 4.78 is 1.84. The van der Waals surface area contributed by atoms with Crippen molar-refractivity contribution in [2.45, 2.75) is 0 Å². The number of fused-ring (bicyclic) bond motifs is 1. The fourth-order valence-electron chi connectivity index (χ4n) is 3.82. The van der Waals surface area contributed by atoms with Crippen molar-refractivity contribution in [3.8, 4) is 22.3 Å². The van der Waals surface area contributed by atoms with Gasteiger partial charge in [0.1, 0.15) is 0 Å². The molecule has 29 heavy (non-hydrogen) atoms. The second-order valence-corrected chi connectivity index (χ2v) is 7.63. The maximum atomic E-state index is 5.79. The average Bonchev–Trinajstić information content (AvgIpc) is 3.18. The van der Waals surface area contributed by atoms with Crippen molar-refractivity contribution >= 4 is 17.0 Å². The molecule has 0 radical (unpaired) electrons. The van der Waals surface area contributed by atoms with E-state index in [1.165, 1.54) is 5.69 Å². The highest BCUT2D eigenvalue weighted by Crippen LogP contribution is 2.28. The number of aromatic nitrogens is 3. The zero-order chi connectivity index (χ0) is 19.8. The van der Waals surface area contributed by atoms with Crippen molar-refractivity contribution < 1.29 is 0 Å². The van der Waals surface area contributed by atoms with E-state index < -0.39 is 0 Å². The van der Waals surface area contributed by atoms with E-state index >= 15 is 0 Å². The predicted molar refractivity (Wildman–Crippen MR) is 118 cm³/mol. The Labute approximate surface area is 170 Å². The Morgan fingerprint density at radius 3 is 2.21 bits per heavy atom. The molecule has 146 valence electrons. The van der Waals surface area contributed by atoms with Crippen LogP contribution in [-0.2, 0) is 0 Å². The highest BCUT2D eigenvalue weighted by atomic mass is 15.2. The van der Waals surface area contributed by atoms with Crippen LogP contribution in [0.5, 0.6) is 0 Å². The lowest BCUT2D eigenvalue weighted by molar-refractivity contribution is 0.313. The molecule has 0 amide bonds. The lowest BCUT2D eigenvalue weighted by Crippen LogP contribution is -2.44. The number of benzene rings is 2. The Morgan fingerprint density at radius 2 is 1.48 bits per heavy atom. The third kappa shape index (κ3) is 3.43. The Bertz CT molecular complexity index is 1120. The van der Waals surface area contributed by atoms with Gasteiger partial charge in [-0.25, -0.2) is 9.50 Å². The van der Waals surface area contributed by atoms with Crippen LogP contribution in [-0.4, -0.2) is 52.7 Å². The molecule has 3 heterocycles. The average molecular weight is 384 g/mol. The number of piperazine rings is 1. The summed E-state index contributed by atoms with van der Waals surface area (Å²) in [5.74, 6) is 0. The third-order valence-electron chi connectivity index (χ3n) is 5.65. The number of nitrogens with zero attached hydrogens (tertiary/aromatic N) is 5. The smallest absolute Gasteiger partial charge is 0.162 e. The minimum absolute atomic E-state index is 0.754. The second kappa shape index (κ2) is 7.22. The molecule has 0 spiro atoms. The summed E-state index contributed by atoms with van der Waals surface area (Å²) in [6.45, 7) is 4.36. The van der Waals surface area contributed by atoms with Crippen LogP contribution in [0.15, 0.2) is 67.1 Å². The number of anilines is 2. The van der Waals surface area contributed by atoms with Gasteiger partial charge in [0.2, 0.25) is 0 Å². The van der Waals surface area contributed by atoms with E-state index in [4.69, 9.17) is 10.7 Å². The predicted octanol–water partition coefficient (Wildman–Crippen LogP) is 3.40. The van der Waals surface area contributed by atoms with Gasteiger partial charge < -0.3 is 15.5 Å². The van der Waals surface area contributed by atoms with Gasteiger partial charge in [0, 0.05) is 61.1 Å². The van der Waals surface area contributed by atoms with Gasteiger partial charge in [0.25, 0.3) is 0 Å². The zero-order valence-corrected chi connectivity index (χ0v) is 16.5. The molecule has 1 aliphatic rings. The van der Waals surface area contributed by atoms with Crippen LogP contribution in [0, 0.1) is 0 Å². The first-order chi connectivity index (χ1) is 14.2. The minimum Gasteiger partial charge on any atom is -0.399 e. The normalized spacial score (nSPS) is 15.1. The van der Waals surface area contributed by atoms with Crippen molar-refractivity contribution in [1.29, 1.82) is 0 Å². The fourth-order valence-corrected chi connectivity index (χ4v) is 3.82. The number of rotatable bonds is 3. The standard InChI is InChI=1S/C23H24N6/c1-27-10-12-28(13-11-27)21-8-4-18(5-9-21)22-15-26-29-16-19(14-25-23(22)29)17-2-6-20(24)7-3-17/h2-9,14-16H,10-13,24H2,1H3. The first-order valence-corrected chi connectivity index (χ1v) is 9.90. The summed E-state index contributed by atoms with van der Waals surface area (Å²) in [6.07, 6.45) is 5.79. The van der Waals surface area contributed by atoms with E-state index in [9.17, 15) is 0 Å². The molecule has 0 saturated carbocycles. The zero-order valence-electron chi connectivity index (χ0n) is 16.5. The van der Waals surface area contributed by atoms with Crippen molar-refractivity contribution in [2.75, 3.05) is 43.9 Å². The molecule has 6 heteroatoms. The molecule has 0 unspecified atom stereocenters. The third-order valence-corrected chi connectivity index (χ3v) is 5.65. The molecule has 1 fully saturated rings. The van der Waals surface area contributed by atoms with Crippen molar-refractivity contribution in [2.24, 2.45) is 0 Å². The summed E-state index contributed by atoms with van der Waals surface area (Å²) in [4.78, 5) is 9.50. The highest BCUT2D eigenvalue weighted by molar-refractivity contribution is 5.79. The van der Waals surface area contributed by atoms with Gasteiger partial charge in [-0.2, -0.15) is 5.10 Å². The van der Waals surface area contributed by atoms with Gasteiger partial charge in [0.15, 0.2) is 5.65 Å². The molecule has 0 atom stereocenters. The SMILES string of the molecule is CN1CCN(c2ccc(-c3cnn4cc(-c5ccc(N)cc5)cnc34)cc2)CC1. The number of hydrogen-bond donors (Lipinski definition) is 1. The molecule has 2 aromatic heterocycles. The molecular formula is C23H24N6.